The highest BCUT2D eigenvalue weighted by molar-refractivity contribution is 5.91. The van der Waals surface area contributed by atoms with Crippen LogP contribution in [0.25, 0.3) is 0 Å². The molecule has 33 heavy (non-hydrogen) atoms. The van der Waals surface area contributed by atoms with E-state index >= 15 is 0 Å². The highest BCUT2D eigenvalue weighted by atomic mass is 16.6. The van der Waals surface area contributed by atoms with Crippen molar-refractivity contribution in [3.05, 3.63) is 78.1 Å². The van der Waals surface area contributed by atoms with Crippen LogP contribution in [0.4, 0.5) is 11.4 Å². The number of nitrogens with zero attached hydrogens (tertiary/aromatic N) is 2. The average molecular weight is 449 g/mol. The first kappa shape index (κ1) is 24.1. The molecule has 0 fully saturated rings. The first-order valence-corrected chi connectivity index (χ1v) is 11.0. The Morgan fingerprint density at radius 1 is 1.00 bits per heavy atom. The minimum Gasteiger partial charge on any atom is -0.493 e. The minimum atomic E-state index is -0.568. The van der Waals surface area contributed by atoms with Gasteiger partial charge in [-0.15, -0.1) is 0 Å². The zero-order chi connectivity index (χ0) is 24.0. The molecule has 0 amide bonds. The number of hydrogen-bond donors (Lipinski definition) is 0. The number of carbonyl (C=O) groups excluding carboxylic acids is 1. The standard InChI is InChI=1S/C27H32N2O4/c1-19(2)32-25-16-23(12-13-24(25)31-6)29(18-20-9-8-14-28-17-20)22-11-7-10-21(15-22)26(30)33-27(3,4)5/h7-17,19H,18H2,1-6H3. The molecule has 1 aromatic heterocycles. The van der Waals surface area contributed by atoms with Gasteiger partial charge in [-0.05, 0) is 76.6 Å². The zero-order valence-corrected chi connectivity index (χ0v) is 20.2. The predicted molar refractivity (Wildman–Crippen MR) is 130 cm³/mol. The van der Waals surface area contributed by atoms with E-state index in [1.807, 2.05) is 89.3 Å². The summed E-state index contributed by atoms with van der Waals surface area (Å²) < 4.78 is 17.1. The second kappa shape index (κ2) is 10.4. The van der Waals surface area contributed by atoms with Gasteiger partial charge in [0.05, 0.1) is 18.8 Å². The molecule has 174 valence electrons. The molecular weight excluding hydrogens is 416 g/mol. The van der Waals surface area contributed by atoms with Crippen molar-refractivity contribution in [1.82, 2.24) is 4.98 Å². The summed E-state index contributed by atoms with van der Waals surface area (Å²) in [6.45, 7) is 10.1. The Bertz CT molecular complexity index is 1070. The number of pyridine rings is 1. The third-order valence-corrected chi connectivity index (χ3v) is 4.68. The Morgan fingerprint density at radius 2 is 1.76 bits per heavy atom. The molecular formula is C27H32N2O4. The molecule has 0 atom stereocenters. The van der Waals surface area contributed by atoms with E-state index in [0.717, 1.165) is 16.9 Å². The van der Waals surface area contributed by atoms with Gasteiger partial charge in [0.2, 0.25) is 0 Å². The Kier molecular flexibility index (Phi) is 7.59. The largest absolute Gasteiger partial charge is 0.493 e. The second-order valence-electron chi connectivity index (χ2n) is 9.00. The lowest BCUT2D eigenvalue weighted by molar-refractivity contribution is 0.00695. The van der Waals surface area contributed by atoms with Crippen molar-refractivity contribution in [3.8, 4) is 11.5 Å². The van der Waals surface area contributed by atoms with Crippen LogP contribution < -0.4 is 14.4 Å². The van der Waals surface area contributed by atoms with Gasteiger partial charge in [0.15, 0.2) is 11.5 Å². The summed E-state index contributed by atoms with van der Waals surface area (Å²) in [5, 5.41) is 0. The van der Waals surface area contributed by atoms with Crippen molar-refractivity contribution in [2.24, 2.45) is 0 Å². The first-order chi connectivity index (χ1) is 15.7. The van der Waals surface area contributed by atoms with E-state index in [-0.39, 0.29) is 12.1 Å². The van der Waals surface area contributed by atoms with Gasteiger partial charge >= 0.3 is 5.97 Å². The second-order valence-corrected chi connectivity index (χ2v) is 9.00. The van der Waals surface area contributed by atoms with Crippen molar-refractivity contribution in [2.45, 2.75) is 52.9 Å². The maximum atomic E-state index is 12.7. The van der Waals surface area contributed by atoms with Gasteiger partial charge < -0.3 is 19.1 Å². The van der Waals surface area contributed by atoms with Crippen LogP contribution in [0.5, 0.6) is 11.5 Å². The van der Waals surface area contributed by atoms with Crippen molar-refractivity contribution < 1.29 is 19.0 Å². The molecule has 0 saturated heterocycles. The van der Waals surface area contributed by atoms with Crippen molar-refractivity contribution in [2.75, 3.05) is 12.0 Å². The number of carbonyl (C=O) groups is 1. The van der Waals surface area contributed by atoms with Gasteiger partial charge in [0, 0.05) is 36.4 Å². The molecule has 1 heterocycles. The Morgan fingerprint density at radius 3 is 2.39 bits per heavy atom. The van der Waals surface area contributed by atoms with E-state index in [1.54, 1.807) is 19.4 Å². The summed E-state index contributed by atoms with van der Waals surface area (Å²) in [4.78, 5) is 19.1. The number of anilines is 2. The molecule has 0 N–H and O–H groups in total. The molecule has 0 radical (unpaired) electrons. The molecule has 0 spiro atoms. The molecule has 6 nitrogen and oxygen atoms in total. The zero-order valence-electron chi connectivity index (χ0n) is 20.2. The maximum absolute atomic E-state index is 12.7. The Hall–Kier alpha value is -3.54. The topological polar surface area (TPSA) is 60.9 Å². The predicted octanol–water partition coefficient (Wildman–Crippen LogP) is 6.17. The lowest BCUT2D eigenvalue weighted by atomic mass is 10.1. The number of hydrogen-bond acceptors (Lipinski definition) is 6. The summed E-state index contributed by atoms with van der Waals surface area (Å²) in [6.07, 6.45) is 3.58. The highest BCUT2D eigenvalue weighted by Gasteiger charge is 2.20. The van der Waals surface area contributed by atoms with Crippen LogP contribution in [0.2, 0.25) is 0 Å². The molecule has 0 saturated carbocycles. The van der Waals surface area contributed by atoms with Gasteiger partial charge in [0.25, 0.3) is 0 Å². The minimum absolute atomic E-state index is 0.00332. The third-order valence-electron chi connectivity index (χ3n) is 4.68. The van der Waals surface area contributed by atoms with Gasteiger partial charge in [-0.3, -0.25) is 4.98 Å². The summed E-state index contributed by atoms with van der Waals surface area (Å²) in [5.74, 6) is 0.963. The van der Waals surface area contributed by atoms with Crippen LogP contribution in [0.15, 0.2) is 67.0 Å². The van der Waals surface area contributed by atoms with Gasteiger partial charge in [-0.25, -0.2) is 4.79 Å². The number of rotatable bonds is 8. The smallest absolute Gasteiger partial charge is 0.338 e. The number of methoxy groups -OCH3 is 1. The van der Waals surface area contributed by atoms with E-state index in [9.17, 15) is 4.79 Å². The quantitative estimate of drug-likeness (QED) is 0.384. The van der Waals surface area contributed by atoms with Crippen LogP contribution in [0.3, 0.4) is 0 Å². The molecule has 0 aliphatic rings. The Labute approximate surface area is 196 Å². The summed E-state index contributed by atoms with van der Waals surface area (Å²) in [6, 6.07) is 17.2. The highest BCUT2D eigenvalue weighted by Crippen LogP contribution is 2.36. The Balaban J connectivity index is 2.05. The third kappa shape index (κ3) is 6.72. The summed E-state index contributed by atoms with van der Waals surface area (Å²) in [7, 11) is 1.62. The fraction of sp³-hybridized carbons (Fsp3) is 0.333. The van der Waals surface area contributed by atoms with E-state index in [2.05, 4.69) is 9.88 Å². The van der Waals surface area contributed by atoms with Crippen molar-refractivity contribution in [1.29, 1.82) is 0 Å². The van der Waals surface area contributed by atoms with Crippen molar-refractivity contribution in [3.63, 3.8) is 0 Å². The number of ether oxygens (including phenoxy) is 3. The summed E-state index contributed by atoms with van der Waals surface area (Å²) in [5.41, 5.74) is 2.70. The van der Waals surface area contributed by atoms with Crippen molar-refractivity contribution >= 4 is 17.3 Å². The lowest BCUT2D eigenvalue weighted by Crippen LogP contribution is -2.24. The first-order valence-electron chi connectivity index (χ1n) is 11.0. The van der Waals surface area contributed by atoms with Crippen LogP contribution in [0, 0.1) is 0 Å². The van der Waals surface area contributed by atoms with Crippen LogP contribution >= 0.6 is 0 Å². The van der Waals surface area contributed by atoms with Gasteiger partial charge in [0.1, 0.15) is 5.60 Å². The van der Waals surface area contributed by atoms with Gasteiger partial charge in [-0.1, -0.05) is 12.1 Å². The fourth-order valence-corrected chi connectivity index (χ4v) is 3.32. The molecule has 0 unspecified atom stereocenters. The number of esters is 1. The molecule has 6 heteroatoms. The van der Waals surface area contributed by atoms with Crippen LogP contribution in [0.1, 0.15) is 50.5 Å². The summed E-state index contributed by atoms with van der Waals surface area (Å²) >= 11 is 0. The van der Waals surface area contributed by atoms with E-state index in [4.69, 9.17) is 14.2 Å². The molecule has 3 aromatic rings. The number of benzene rings is 2. The van der Waals surface area contributed by atoms with E-state index in [0.29, 0.717) is 23.6 Å². The lowest BCUT2D eigenvalue weighted by Gasteiger charge is -2.27. The van der Waals surface area contributed by atoms with Crippen LogP contribution in [-0.4, -0.2) is 29.8 Å². The molecule has 3 rings (SSSR count). The molecule has 0 bridgehead atoms. The SMILES string of the molecule is COc1ccc(N(Cc2cccnc2)c2cccc(C(=O)OC(C)(C)C)c2)cc1OC(C)C. The maximum Gasteiger partial charge on any atom is 0.338 e. The normalized spacial score (nSPS) is 11.2. The average Bonchev–Trinajstić information content (AvgIpc) is 2.77. The van der Waals surface area contributed by atoms with Crippen LogP contribution in [-0.2, 0) is 11.3 Å². The molecule has 0 aliphatic heterocycles. The number of aromatic nitrogens is 1. The van der Waals surface area contributed by atoms with Gasteiger partial charge in [-0.2, -0.15) is 0 Å². The van der Waals surface area contributed by atoms with E-state index in [1.165, 1.54) is 0 Å². The molecule has 2 aromatic carbocycles. The monoisotopic (exact) mass is 448 g/mol. The fourth-order valence-electron chi connectivity index (χ4n) is 3.32. The van der Waals surface area contributed by atoms with E-state index < -0.39 is 5.60 Å². The molecule has 0 aliphatic carbocycles.